The van der Waals surface area contributed by atoms with E-state index in [1.165, 1.54) is 17.4 Å². The Balaban J connectivity index is 1.22. The number of hydrogen-bond acceptors (Lipinski definition) is 5. The van der Waals surface area contributed by atoms with E-state index in [-0.39, 0.29) is 24.2 Å². The first-order valence-corrected chi connectivity index (χ1v) is 11.1. The molecule has 1 aliphatic rings. The summed E-state index contributed by atoms with van der Waals surface area (Å²) in [6.07, 6.45) is 0.975. The topological polar surface area (TPSA) is 74.3 Å². The Kier molecular flexibility index (Phi) is 6.75. The summed E-state index contributed by atoms with van der Waals surface area (Å²) in [7, 11) is 0. The maximum atomic E-state index is 13.5. The SMILES string of the molecule is O=C(Cc1csc(NC(=O)c2ccccc2)n1)NCC1CCN(c2ccc(F)c(F)c2)C1. The predicted molar refractivity (Wildman–Crippen MR) is 120 cm³/mol. The van der Waals surface area contributed by atoms with Crippen LogP contribution in [0, 0.1) is 17.6 Å². The molecule has 0 radical (unpaired) electrons. The largest absolute Gasteiger partial charge is 0.371 e. The van der Waals surface area contributed by atoms with Crippen LogP contribution in [0.3, 0.4) is 0 Å². The zero-order valence-electron chi connectivity index (χ0n) is 17.2. The van der Waals surface area contributed by atoms with E-state index in [4.69, 9.17) is 0 Å². The maximum Gasteiger partial charge on any atom is 0.257 e. The van der Waals surface area contributed by atoms with Gasteiger partial charge in [0.1, 0.15) is 0 Å². The highest BCUT2D eigenvalue weighted by atomic mass is 32.1. The van der Waals surface area contributed by atoms with Gasteiger partial charge in [-0.15, -0.1) is 11.3 Å². The molecule has 32 heavy (non-hydrogen) atoms. The highest BCUT2D eigenvalue weighted by Crippen LogP contribution is 2.25. The number of aromatic nitrogens is 1. The Morgan fingerprint density at radius 2 is 1.94 bits per heavy atom. The molecule has 2 N–H and O–H groups in total. The van der Waals surface area contributed by atoms with E-state index in [1.807, 2.05) is 11.0 Å². The van der Waals surface area contributed by atoms with Crippen molar-refractivity contribution >= 4 is 34.0 Å². The van der Waals surface area contributed by atoms with E-state index in [0.29, 0.717) is 35.2 Å². The van der Waals surface area contributed by atoms with E-state index in [1.54, 1.807) is 35.7 Å². The summed E-state index contributed by atoms with van der Waals surface area (Å²) in [6.45, 7) is 1.89. The summed E-state index contributed by atoms with van der Waals surface area (Å²) < 4.78 is 26.6. The van der Waals surface area contributed by atoms with E-state index in [2.05, 4.69) is 15.6 Å². The molecule has 3 aromatic rings. The number of carbonyl (C=O) groups excluding carboxylic acids is 2. The number of anilines is 2. The van der Waals surface area contributed by atoms with Crippen molar-refractivity contribution in [3.05, 3.63) is 76.8 Å². The molecular formula is C23H22F2N4O2S. The third kappa shape index (κ3) is 5.47. The maximum absolute atomic E-state index is 13.5. The molecule has 1 aromatic heterocycles. The molecule has 0 aliphatic carbocycles. The number of amides is 2. The first kappa shape index (κ1) is 21.9. The first-order valence-electron chi connectivity index (χ1n) is 10.3. The van der Waals surface area contributed by atoms with Crippen LogP contribution in [0.25, 0.3) is 0 Å². The minimum Gasteiger partial charge on any atom is -0.371 e. The molecule has 1 fully saturated rings. The van der Waals surface area contributed by atoms with Gasteiger partial charge in [-0.05, 0) is 36.6 Å². The molecule has 2 heterocycles. The molecule has 0 saturated carbocycles. The normalized spacial score (nSPS) is 15.6. The fourth-order valence-corrected chi connectivity index (χ4v) is 4.31. The van der Waals surface area contributed by atoms with Gasteiger partial charge in [0.25, 0.3) is 5.91 Å². The van der Waals surface area contributed by atoms with E-state index < -0.39 is 11.6 Å². The third-order valence-corrected chi connectivity index (χ3v) is 6.10. The number of nitrogens with zero attached hydrogens (tertiary/aromatic N) is 2. The van der Waals surface area contributed by atoms with Gasteiger partial charge in [-0.25, -0.2) is 13.8 Å². The lowest BCUT2D eigenvalue weighted by Gasteiger charge is -2.19. The van der Waals surface area contributed by atoms with Crippen molar-refractivity contribution in [2.45, 2.75) is 12.8 Å². The molecule has 0 spiro atoms. The number of thiazole rings is 1. The number of rotatable bonds is 7. The van der Waals surface area contributed by atoms with Crippen molar-refractivity contribution in [1.82, 2.24) is 10.3 Å². The molecule has 2 amide bonds. The summed E-state index contributed by atoms with van der Waals surface area (Å²) in [5.41, 5.74) is 1.77. The minimum atomic E-state index is -0.860. The first-order chi connectivity index (χ1) is 15.5. The number of halogens is 2. The van der Waals surface area contributed by atoms with Crippen LogP contribution in [0.4, 0.5) is 19.6 Å². The van der Waals surface area contributed by atoms with Crippen molar-refractivity contribution in [1.29, 1.82) is 0 Å². The van der Waals surface area contributed by atoms with Gasteiger partial charge >= 0.3 is 0 Å². The van der Waals surface area contributed by atoms with Crippen molar-refractivity contribution < 1.29 is 18.4 Å². The van der Waals surface area contributed by atoms with Crippen LogP contribution in [0.5, 0.6) is 0 Å². The van der Waals surface area contributed by atoms with Gasteiger partial charge in [-0.3, -0.25) is 14.9 Å². The van der Waals surface area contributed by atoms with Crippen LogP contribution < -0.4 is 15.5 Å². The van der Waals surface area contributed by atoms with Gasteiger partial charge < -0.3 is 10.2 Å². The van der Waals surface area contributed by atoms with Gasteiger partial charge in [0.05, 0.1) is 12.1 Å². The molecule has 166 valence electrons. The molecule has 1 saturated heterocycles. The predicted octanol–water partition coefficient (Wildman–Crippen LogP) is 3.86. The van der Waals surface area contributed by atoms with Gasteiger partial charge in [0, 0.05) is 42.3 Å². The van der Waals surface area contributed by atoms with E-state index in [0.717, 1.165) is 19.0 Å². The van der Waals surface area contributed by atoms with Gasteiger partial charge in [-0.2, -0.15) is 0 Å². The number of carbonyl (C=O) groups is 2. The lowest BCUT2D eigenvalue weighted by Crippen LogP contribution is -2.32. The highest BCUT2D eigenvalue weighted by Gasteiger charge is 2.24. The van der Waals surface area contributed by atoms with Crippen LogP contribution in [-0.4, -0.2) is 36.4 Å². The van der Waals surface area contributed by atoms with Crippen LogP contribution in [0.1, 0.15) is 22.5 Å². The van der Waals surface area contributed by atoms with Crippen LogP contribution >= 0.6 is 11.3 Å². The Morgan fingerprint density at radius 1 is 1.12 bits per heavy atom. The fourth-order valence-electron chi connectivity index (χ4n) is 3.61. The quantitative estimate of drug-likeness (QED) is 0.566. The Bertz CT molecular complexity index is 1110. The number of benzene rings is 2. The average molecular weight is 457 g/mol. The number of nitrogens with one attached hydrogen (secondary N) is 2. The van der Waals surface area contributed by atoms with Gasteiger partial charge in [0.2, 0.25) is 5.91 Å². The fraction of sp³-hybridized carbons (Fsp3) is 0.261. The number of hydrogen-bond donors (Lipinski definition) is 2. The van der Waals surface area contributed by atoms with Crippen LogP contribution in [0.15, 0.2) is 53.9 Å². The van der Waals surface area contributed by atoms with E-state index in [9.17, 15) is 18.4 Å². The zero-order chi connectivity index (χ0) is 22.5. The van der Waals surface area contributed by atoms with Crippen LogP contribution in [0.2, 0.25) is 0 Å². The van der Waals surface area contributed by atoms with Crippen molar-refractivity contribution in [3.63, 3.8) is 0 Å². The Hall–Kier alpha value is -3.33. The molecule has 9 heteroatoms. The molecule has 1 aliphatic heterocycles. The molecule has 6 nitrogen and oxygen atoms in total. The van der Waals surface area contributed by atoms with Crippen molar-refractivity contribution in [2.75, 3.05) is 29.9 Å². The standard InChI is InChI=1S/C23H22F2N4O2S/c24-19-7-6-18(11-20(19)25)29-9-8-15(13-29)12-26-21(30)10-17-14-32-23(27-17)28-22(31)16-4-2-1-3-5-16/h1-7,11,14-15H,8-10,12-13H2,(H,26,30)(H,27,28,31). The summed E-state index contributed by atoms with van der Waals surface area (Å²) in [6, 6.07) is 12.7. The summed E-state index contributed by atoms with van der Waals surface area (Å²) in [5, 5.41) is 7.85. The van der Waals surface area contributed by atoms with Crippen molar-refractivity contribution in [3.8, 4) is 0 Å². The summed E-state index contributed by atoms with van der Waals surface area (Å²) in [5.74, 6) is -1.89. The smallest absolute Gasteiger partial charge is 0.257 e. The van der Waals surface area contributed by atoms with Crippen LogP contribution in [-0.2, 0) is 11.2 Å². The molecule has 2 aromatic carbocycles. The minimum absolute atomic E-state index is 0.122. The Morgan fingerprint density at radius 3 is 2.72 bits per heavy atom. The second-order valence-electron chi connectivity index (χ2n) is 7.64. The van der Waals surface area contributed by atoms with Crippen molar-refractivity contribution in [2.24, 2.45) is 5.92 Å². The van der Waals surface area contributed by atoms with E-state index >= 15 is 0 Å². The molecule has 1 unspecified atom stereocenters. The second-order valence-corrected chi connectivity index (χ2v) is 8.50. The third-order valence-electron chi connectivity index (χ3n) is 5.29. The van der Waals surface area contributed by atoms with Gasteiger partial charge in [-0.1, -0.05) is 18.2 Å². The highest BCUT2D eigenvalue weighted by molar-refractivity contribution is 7.14. The lowest BCUT2D eigenvalue weighted by atomic mass is 10.1. The Labute approximate surface area is 188 Å². The summed E-state index contributed by atoms with van der Waals surface area (Å²) in [4.78, 5) is 30.8. The molecule has 4 rings (SSSR count). The lowest BCUT2D eigenvalue weighted by molar-refractivity contribution is -0.120. The second kappa shape index (κ2) is 9.86. The van der Waals surface area contributed by atoms with Gasteiger partial charge in [0.15, 0.2) is 16.8 Å². The molecule has 0 bridgehead atoms. The average Bonchev–Trinajstić information content (AvgIpc) is 3.44. The molecule has 1 atom stereocenters. The summed E-state index contributed by atoms with van der Waals surface area (Å²) >= 11 is 1.27. The molecular weight excluding hydrogens is 434 g/mol. The monoisotopic (exact) mass is 456 g/mol. The zero-order valence-corrected chi connectivity index (χ0v) is 18.0.